The second-order valence-electron chi connectivity index (χ2n) is 6.84. The number of H-pyrrole nitrogens is 1. The second kappa shape index (κ2) is 7.02. The fourth-order valence-electron chi connectivity index (χ4n) is 3.63. The highest BCUT2D eigenvalue weighted by Crippen LogP contribution is 2.25. The van der Waals surface area contributed by atoms with E-state index in [1.165, 1.54) is 4.31 Å². The second-order valence-corrected chi connectivity index (χ2v) is 8.72. The molecule has 0 unspecified atom stereocenters. The summed E-state index contributed by atoms with van der Waals surface area (Å²) in [5.41, 5.74) is 1.58. The SMILES string of the molecule is Cc1noc(C)c1S(=O)(=O)N1CCCN(C(=O)c2cccc3cn[nH]c23)CC1. The maximum atomic E-state index is 13.0. The number of fused-ring (bicyclic) bond motifs is 1. The van der Waals surface area contributed by atoms with Crippen molar-refractivity contribution in [2.75, 3.05) is 26.2 Å². The van der Waals surface area contributed by atoms with Gasteiger partial charge in [-0.25, -0.2) is 8.42 Å². The normalized spacial score (nSPS) is 16.4. The van der Waals surface area contributed by atoms with E-state index in [0.717, 1.165) is 5.39 Å². The summed E-state index contributed by atoms with van der Waals surface area (Å²) in [6.45, 7) is 4.55. The molecule has 0 atom stereocenters. The molecule has 1 N–H and O–H groups in total. The molecular weight excluding hydrogens is 382 g/mol. The zero-order valence-electron chi connectivity index (χ0n) is 15.7. The molecule has 148 valence electrons. The van der Waals surface area contributed by atoms with E-state index < -0.39 is 10.0 Å². The number of nitrogens with one attached hydrogen (secondary N) is 1. The van der Waals surface area contributed by atoms with Crippen LogP contribution in [-0.2, 0) is 10.0 Å². The van der Waals surface area contributed by atoms with E-state index in [1.807, 2.05) is 12.1 Å². The van der Waals surface area contributed by atoms with Gasteiger partial charge >= 0.3 is 0 Å². The van der Waals surface area contributed by atoms with Crippen molar-refractivity contribution in [3.8, 4) is 0 Å². The lowest BCUT2D eigenvalue weighted by Gasteiger charge is -2.22. The van der Waals surface area contributed by atoms with Gasteiger partial charge in [0, 0.05) is 31.6 Å². The van der Waals surface area contributed by atoms with Gasteiger partial charge in [-0.15, -0.1) is 0 Å². The number of aromatic nitrogens is 3. The number of para-hydroxylation sites is 1. The zero-order valence-corrected chi connectivity index (χ0v) is 16.5. The molecular formula is C18H21N5O4S. The lowest BCUT2D eigenvalue weighted by Crippen LogP contribution is -2.37. The Hall–Kier alpha value is -2.72. The van der Waals surface area contributed by atoms with Gasteiger partial charge in [0.2, 0.25) is 10.0 Å². The smallest absolute Gasteiger partial charge is 0.256 e. The predicted octanol–water partition coefficient (Wildman–Crippen LogP) is 1.70. The Balaban J connectivity index is 1.56. The molecule has 0 saturated carbocycles. The van der Waals surface area contributed by atoms with E-state index >= 15 is 0 Å². The van der Waals surface area contributed by atoms with Crippen molar-refractivity contribution in [2.24, 2.45) is 0 Å². The van der Waals surface area contributed by atoms with Crippen molar-refractivity contribution in [3.63, 3.8) is 0 Å². The first-order valence-corrected chi connectivity index (χ1v) is 10.5. The van der Waals surface area contributed by atoms with Crippen LogP contribution >= 0.6 is 0 Å². The number of sulfonamides is 1. The lowest BCUT2D eigenvalue weighted by molar-refractivity contribution is 0.0766. The van der Waals surface area contributed by atoms with Crippen LogP contribution in [0.25, 0.3) is 10.9 Å². The van der Waals surface area contributed by atoms with Gasteiger partial charge in [-0.05, 0) is 26.3 Å². The van der Waals surface area contributed by atoms with Crippen molar-refractivity contribution in [1.29, 1.82) is 0 Å². The average Bonchev–Trinajstić information content (AvgIpc) is 3.18. The first-order chi connectivity index (χ1) is 13.4. The largest absolute Gasteiger partial charge is 0.360 e. The molecule has 3 aromatic rings. The standard InChI is InChI=1S/C18H21N5O4S/c1-12-17(13(2)27-21-12)28(25,26)23-8-4-7-22(9-10-23)18(24)15-6-3-5-14-11-19-20-16(14)15/h3,5-6,11H,4,7-10H2,1-2H3,(H,19,20). The number of aromatic amines is 1. The summed E-state index contributed by atoms with van der Waals surface area (Å²) in [6, 6.07) is 5.46. The van der Waals surface area contributed by atoms with Crippen LogP contribution in [0.1, 0.15) is 28.2 Å². The number of hydrogen-bond donors (Lipinski definition) is 1. The number of carbonyl (C=O) groups is 1. The van der Waals surface area contributed by atoms with Gasteiger partial charge in [0.05, 0.1) is 17.3 Å². The van der Waals surface area contributed by atoms with E-state index in [1.54, 1.807) is 31.0 Å². The number of rotatable bonds is 3. The van der Waals surface area contributed by atoms with Crippen molar-refractivity contribution >= 4 is 26.8 Å². The van der Waals surface area contributed by atoms with Gasteiger partial charge in [-0.2, -0.15) is 9.40 Å². The Morgan fingerprint density at radius 1 is 1.18 bits per heavy atom. The highest BCUT2D eigenvalue weighted by Gasteiger charge is 2.33. The minimum atomic E-state index is -3.72. The number of amides is 1. The molecule has 10 heteroatoms. The van der Waals surface area contributed by atoms with Crippen molar-refractivity contribution in [1.82, 2.24) is 24.6 Å². The fourth-order valence-corrected chi connectivity index (χ4v) is 5.39. The fraction of sp³-hybridized carbons (Fsp3) is 0.389. The maximum Gasteiger partial charge on any atom is 0.256 e. The van der Waals surface area contributed by atoms with Crippen LogP contribution in [0.2, 0.25) is 0 Å². The topological polar surface area (TPSA) is 112 Å². The Labute approximate surface area is 162 Å². The third kappa shape index (κ3) is 3.08. The van der Waals surface area contributed by atoms with Gasteiger partial charge in [0.15, 0.2) is 5.76 Å². The van der Waals surface area contributed by atoms with E-state index in [9.17, 15) is 13.2 Å². The molecule has 1 aromatic carbocycles. The van der Waals surface area contributed by atoms with Crippen molar-refractivity contribution in [3.05, 3.63) is 41.4 Å². The molecule has 4 rings (SSSR count). The van der Waals surface area contributed by atoms with Crippen LogP contribution in [-0.4, -0.2) is 65.1 Å². The van der Waals surface area contributed by atoms with Gasteiger partial charge in [-0.1, -0.05) is 17.3 Å². The maximum absolute atomic E-state index is 13.0. The number of benzene rings is 1. The van der Waals surface area contributed by atoms with Crippen LogP contribution in [0, 0.1) is 13.8 Å². The van der Waals surface area contributed by atoms with Crippen LogP contribution in [0.15, 0.2) is 33.8 Å². The van der Waals surface area contributed by atoms with Crippen LogP contribution in [0.4, 0.5) is 0 Å². The van der Waals surface area contributed by atoms with Crippen molar-refractivity contribution in [2.45, 2.75) is 25.2 Å². The minimum absolute atomic E-state index is 0.120. The first-order valence-electron chi connectivity index (χ1n) is 9.04. The number of hydrogen-bond acceptors (Lipinski definition) is 6. The molecule has 0 radical (unpaired) electrons. The monoisotopic (exact) mass is 403 g/mol. The molecule has 0 spiro atoms. The van der Waals surface area contributed by atoms with Gasteiger partial charge < -0.3 is 9.42 Å². The van der Waals surface area contributed by atoms with Gasteiger partial charge in [-0.3, -0.25) is 9.89 Å². The summed E-state index contributed by atoms with van der Waals surface area (Å²) in [6.07, 6.45) is 2.22. The Bertz CT molecular complexity index is 1110. The quantitative estimate of drug-likeness (QED) is 0.712. The summed E-state index contributed by atoms with van der Waals surface area (Å²) in [5, 5.41) is 11.5. The summed E-state index contributed by atoms with van der Waals surface area (Å²) in [4.78, 5) is 14.9. The molecule has 28 heavy (non-hydrogen) atoms. The minimum Gasteiger partial charge on any atom is -0.360 e. The van der Waals surface area contributed by atoms with E-state index in [2.05, 4.69) is 15.4 Å². The Morgan fingerprint density at radius 3 is 2.75 bits per heavy atom. The van der Waals surface area contributed by atoms with Gasteiger partial charge in [0.1, 0.15) is 10.6 Å². The molecule has 3 heterocycles. The molecule has 2 aromatic heterocycles. The van der Waals surface area contributed by atoms with E-state index in [0.29, 0.717) is 42.8 Å². The summed E-state index contributed by atoms with van der Waals surface area (Å²) < 4.78 is 32.5. The zero-order chi connectivity index (χ0) is 19.9. The molecule has 1 saturated heterocycles. The third-order valence-corrected chi connectivity index (χ3v) is 7.16. The number of nitrogens with zero attached hydrogens (tertiary/aromatic N) is 4. The average molecular weight is 403 g/mol. The Kier molecular flexibility index (Phi) is 4.68. The summed E-state index contributed by atoms with van der Waals surface area (Å²) in [7, 11) is -3.72. The van der Waals surface area contributed by atoms with Gasteiger partial charge in [0.25, 0.3) is 5.91 Å². The van der Waals surface area contributed by atoms with E-state index in [4.69, 9.17) is 4.52 Å². The molecule has 9 nitrogen and oxygen atoms in total. The highest BCUT2D eigenvalue weighted by atomic mass is 32.2. The number of aryl methyl sites for hydroxylation is 2. The molecule has 1 amide bonds. The molecule has 0 aliphatic carbocycles. The van der Waals surface area contributed by atoms with Crippen molar-refractivity contribution < 1.29 is 17.7 Å². The third-order valence-electron chi connectivity index (χ3n) is 5.01. The molecule has 1 aliphatic heterocycles. The molecule has 1 fully saturated rings. The highest BCUT2D eigenvalue weighted by molar-refractivity contribution is 7.89. The summed E-state index contributed by atoms with van der Waals surface area (Å²) >= 11 is 0. The predicted molar refractivity (Wildman–Crippen MR) is 101 cm³/mol. The Morgan fingerprint density at radius 2 is 2.00 bits per heavy atom. The number of carbonyl (C=O) groups excluding carboxylic acids is 1. The van der Waals surface area contributed by atoms with Crippen LogP contribution in [0.5, 0.6) is 0 Å². The summed E-state index contributed by atoms with van der Waals surface area (Å²) in [5.74, 6) is 0.145. The van der Waals surface area contributed by atoms with Crippen LogP contribution in [0.3, 0.4) is 0 Å². The van der Waals surface area contributed by atoms with E-state index in [-0.39, 0.29) is 23.1 Å². The first kappa shape index (κ1) is 18.6. The lowest BCUT2D eigenvalue weighted by atomic mass is 10.1. The van der Waals surface area contributed by atoms with Crippen LogP contribution < -0.4 is 0 Å². The molecule has 1 aliphatic rings. The molecule has 0 bridgehead atoms.